The van der Waals surface area contributed by atoms with Gasteiger partial charge < -0.3 is 10.4 Å². The molecule has 2 N–H and O–H groups in total. The molecule has 0 aromatic heterocycles. The monoisotopic (exact) mass is 279 g/mol. The molecule has 4 heteroatoms. The van der Waals surface area contributed by atoms with Crippen molar-refractivity contribution < 1.29 is 9.90 Å². The molecule has 1 aromatic rings. The van der Waals surface area contributed by atoms with Crippen LogP contribution >= 0.6 is 11.8 Å². The van der Waals surface area contributed by atoms with E-state index in [4.69, 9.17) is 5.11 Å². The van der Waals surface area contributed by atoms with Gasteiger partial charge in [-0.1, -0.05) is 29.8 Å². The second kappa shape index (κ2) is 6.96. The molecule has 0 aliphatic heterocycles. The van der Waals surface area contributed by atoms with Gasteiger partial charge in [-0.3, -0.25) is 4.79 Å². The lowest BCUT2D eigenvalue weighted by Crippen LogP contribution is -2.38. The van der Waals surface area contributed by atoms with Crippen molar-refractivity contribution in [2.45, 2.75) is 44.0 Å². The molecule has 0 radical (unpaired) electrons. The summed E-state index contributed by atoms with van der Waals surface area (Å²) in [7, 11) is 0. The van der Waals surface area contributed by atoms with E-state index in [1.165, 1.54) is 11.1 Å². The van der Waals surface area contributed by atoms with Crippen LogP contribution in [-0.4, -0.2) is 28.9 Å². The van der Waals surface area contributed by atoms with E-state index in [9.17, 15) is 4.79 Å². The lowest BCUT2D eigenvalue weighted by atomic mass is 10.2. The molecule has 1 saturated carbocycles. The molecule has 1 fully saturated rings. The van der Waals surface area contributed by atoms with Gasteiger partial charge >= 0.3 is 5.97 Å². The van der Waals surface area contributed by atoms with E-state index in [0.717, 1.165) is 24.3 Å². The van der Waals surface area contributed by atoms with Gasteiger partial charge in [0.15, 0.2) is 0 Å². The summed E-state index contributed by atoms with van der Waals surface area (Å²) in [6.07, 6.45) is 2.95. The zero-order valence-electron chi connectivity index (χ0n) is 11.3. The topological polar surface area (TPSA) is 49.3 Å². The minimum absolute atomic E-state index is 0.377. The van der Waals surface area contributed by atoms with Crippen molar-refractivity contribution in [3.63, 3.8) is 0 Å². The van der Waals surface area contributed by atoms with E-state index in [-0.39, 0.29) is 6.04 Å². The number of thioether (sulfide) groups is 1. The lowest BCUT2D eigenvalue weighted by Gasteiger charge is -2.13. The molecule has 0 saturated heterocycles. The summed E-state index contributed by atoms with van der Waals surface area (Å²) in [6, 6.07) is 8.54. The van der Waals surface area contributed by atoms with Gasteiger partial charge in [0, 0.05) is 11.8 Å². The van der Waals surface area contributed by atoms with Crippen molar-refractivity contribution in [1.82, 2.24) is 5.32 Å². The SMILES string of the molecule is Cc1cccc(CSCCC(NC2CC2)C(=O)O)c1. The first-order valence-corrected chi connectivity index (χ1v) is 7.93. The quantitative estimate of drug-likeness (QED) is 0.718. The zero-order valence-corrected chi connectivity index (χ0v) is 12.1. The number of nitrogens with one attached hydrogen (secondary N) is 1. The number of hydrogen-bond donors (Lipinski definition) is 2. The predicted octanol–water partition coefficient (Wildman–Crippen LogP) is 2.82. The number of aliphatic carboxylic acids is 1. The number of carboxylic acids is 1. The summed E-state index contributed by atoms with van der Waals surface area (Å²) < 4.78 is 0. The highest BCUT2D eigenvalue weighted by atomic mass is 32.2. The highest BCUT2D eigenvalue weighted by Crippen LogP contribution is 2.21. The number of hydrogen-bond acceptors (Lipinski definition) is 3. The number of carbonyl (C=O) groups is 1. The lowest BCUT2D eigenvalue weighted by molar-refractivity contribution is -0.139. The third-order valence-electron chi connectivity index (χ3n) is 3.21. The summed E-state index contributed by atoms with van der Waals surface area (Å²) in [5.41, 5.74) is 2.59. The molecule has 0 spiro atoms. The normalized spacial score (nSPS) is 16.3. The van der Waals surface area contributed by atoms with E-state index < -0.39 is 5.97 Å². The average Bonchev–Trinajstić information content (AvgIpc) is 3.17. The van der Waals surface area contributed by atoms with Gasteiger partial charge in [-0.25, -0.2) is 0 Å². The summed E-state index contributed by atoms with van der Waals surface area (Å²) in [5.74, 6) is 1.12. The Labute approximate surface area is 118 Å². The predicted molar refractivity (Wildman–Crippen MR) is 79.5 cm³/mol. The molecule has 2 rings (SSSR count). The highest BCUT2D eigenvalue weighted by Gasteiger charge is 2.27. The minimum atomic E-state index is -0.719. The van der Waals surface area contributed by atoms with Gasteiger partial charge in [0.1, 0.15) is 6.04 Å². The Balaban J connectivity index is 1.68. The van der Waals surface area contributed by atoms with Crippen molar-refractivity contribution in [1.29, 1.82) is 0 Å². The van der Waals surface area contributed by atoms with E-state index in [1.54, 1.807) is 11.8 Å². The Hall–Kier alpha value is -1.00. The molecule has 1 aromatic carbocycles. The van der Waals surface area contributed by atoms with Crippen LogP contribution in [0.1, 0.15) is 30.4 Å². The Morgan fingerprint density at radius 1 is 1.53 bits per heavy atom. The van der Waals surface area contributed by atoms with E-state index >= 15 is 0 Å². The molecule has 1 aliphatic carbocycles. The van der Waals surface area contributed by atoms with E-state index in [2.05, 4.69) is 36.5 Å². The number of carboxylic acid groups (broad SMARTS) is 1. The largest absolute Gasteiger partial charge is 0.480 e. The second-order valence-electron chi connectivity index (χ2n) is 5.16. The maximum absolute atomic E-state index is 11.1. The van der Waals surface area contributed by atoms with Crippen LogP contribution in [0.25, 0.3) is 0 Å². The van der Waals surface area contributed by atoms with Crippen molar-refractivity contribution in [2.24, 2.45) is 0 Å². The maximum Gasteiger partial charge on any atom is 0.320 e. The Bertz CT molecular complexity index is 432. The van der Waals surface area contributed by atoms with Crippen LogP contribution in [0, 0.1) is 6.92 Å². The van der Waals surface area contributed by atoms with Crippen LogP contribution < -0.4 is 5.32 Å². The molecular formula is C15H21NO2S. The Morgan fingerprint density at radius 3 is 2.95 bits per heavy atom. The van der Waals surface area contributed by atoms with Crippen molar-refractivity contribution in [3.8, 4) is 0 Å². The zero-order chi connectivity index (χ0) is 13.7. The second-order valence-corrected chi connectivity index (χ2v) is 6.27. The van der Waals surface area contributed by atoms with Crippen LogP contribution in [0.2, 0.25) is 0 Å². The molecule has 0 heterocycles. The minimum Gasteiger partial charge on any atom is -0.480 e. The third kappa shape index (κ3) is 5.25. The summed E-state index contributed by atoms with van der Waals surface area (Å²) in [4.78, 5) is 11.1. The summed E-state index contributed by atoms with van der Waals surface area (Å²) >= 11 is 1.80. The first-order chi connectivity index (χ1) is 9.15. The van der Waals surface area contributed by atoms with Crippen molar-refractivity contribution >= 4 is 17.7 Å². The molecule has 1 atom stereocenters. The molecule has 0 bridgehead atoms. The standard InChI is InChI=1S/C15H21NO2S/c1-11-3-2-4-12(9-11)10-19-8-7-14(15(17)18)16-13-5-6-13/h2-4,9,13-14,16H,5-8,10H2,1H3,(H,17,18). The van der Waals surface area contributed by atoms with Crippen LogP contribution in [0.3, 0.4) is 0 Å². The van der Waals surface area contributed by atoms with Gasteiger partial charge in [0.25, 0.3) is 0 Å². The first kappa shape index (κ1) is 14.4. The number of rotatable bonds is 8. The molecular weight excluding hydrogens is 258 g/mol. The van der Waals surface area contributed by atoms with E-state index in [1.807, 2.05) is 0 Å². The molecule has 1 aliphatic rings. The third-order valence-corrected chi connectivity index (χ3v) is 4.28. The maximum atomic E-state index is 11.1. The number of aryl methyl sites for hydroxylation is 1. The molecule has 19 heavy (non-hydrogen) atoms. The van der Waals surface area contributed by atoms with Gasteiger partial charge in [0.2, 0.25) is 0 Å². The molecule has 1 unspecified atom stereocenters. The van der Waals surface area contributed by atoms with Crippen LogP contribution in [0.15, 0.2) is 24.3 Å². The van der Waals surface area contributed by atoms with Crippen LogP contribution in [-0.2, 0) is 10.5 Å². The van der Waals surface area contributed by atoms with Crippen LogP contribution in [0.5, 0.6) is 0 Å². The van der Waals surface area contributed by atoms with Gasteiger partial charge in [-0.2, -0.15) is 11.8 Å². The summed E-state index contributed by atoms with van der Waals surface area (Å²) in [6.45, 7) is 2.09. The smallest absolute Gasteiger partial charge is 0.320 e. The van der Waals surface area contributed by atoms with Gasteiger partial charge in [-0.15, -0.1) is 0 Å². The van der Waals surface area contributed by atoms with Gasteiger partial charge in [0.05, 0.1) is 0 Å². The Kier molecular flexibility index (Phi) is 5.28. The fraction of sp³-hybridized carbons (Fsp3) is 0.533. The number of benzene rings is 1. The summed E-state index contributed by atoms with van der Waals surface area (Å²) in [5, 5.41) is 12.3. The van der Waals surface area contributed by atoms with Crippen molar-refractivity contribution in [3.05, 3.63) is 35.4 Å². The average molecular weight is 279 g/mol. The first-order valence-electron chi connectivity index (χ1n) is 6.77. The molecule has 104 valence electrons. The van der Waals surface area contributed by atoms with Gasteiger partial charge in [-0.05, 0) is 37.5 Å². The van der Waals surface area contributed by atoms with E-state index in [0.29, 0.717) is 12.5 Å². The van der Waals surface area contributed by atoms with Crippen molar-refractivity contribution in [2.75, 3.05) is 5.75 Å². The fourth-order valence-corrected chi connectivity index (χ4v) is 2.97. The van der Waals surface area contributed by atoms with Crippen LogP contribution in [0.4, 0.5) is 0 Å². The highest BCUT2D eigenvalue weighted by molar-refractivity contribution is 7.98. The molecule has 3 nitrogen and oxygen atoms in total. The molecule has 0 amide bonds. The Morgan fingerprint density at radius 2 is 2.32 bits per heavy atom. The fourth-order valence-electron chi connectivity index (χ4n) is 2.01.